The van der Waals surface area contributed by atoms with E-state index in [1.807, 2.05) is 6.20 Å². The molecule has 3 heteroatoms. The predicted molar refractivity (Wildman–Crippen MR) is 110 cm³/mol. The van der Waals surface area contributed by atoms with Crippen molar-refractivity contribution in [1.82, 2.24) is 9.88 Å². The molecule has 3 unspecified atom stereocenters. The van der Waals surface area contributed by atoms with Crippen LogP contribution in [0.25, 0.3) is 10.9 Å². The van der Waals surface area contributed by atoms with E-state index in [1.54, 1.807) is 7.11 Å². The Morgan fingerprint density at radius 3 is 2.63 bits per heavy atom. The number of hydrogen-bond acceptors (Lipinski definition) is 2. The molecule has 1 aliphatic carbocycles. The molecule has 140 valence electrons. The zero-order valence-electron chi connectivity index (χ0n) is 16.5. The summed E-state index contributed by atoms with van der Waals surface area (Å²) in [5, 5.41) is 1.30. The van der Waals surface area contributed by atoms with Crippen molar-refractivity contribution in [2.45, 2.75) is 51.7 Å². The number of hydrogen-bond donors (Lipinski definition) is 1. The van der Waals surface area contributed by atoms with Gasteiger partial charge in [-0.2, -0.15) is 0 Å². The minimum atomic E-state index is 0.517. The second-order valence-electron chi connectivity index (χ2n) is 8.38. The van der Waals surface area contributed by atoms with Crippen molar-refractivity contribution in [3.8, 4) is 5.75 Å². The van der Waals surface area contributed by atoms with Crippen LogP contribution in [0.4, 0.5) is 0 Å². The highest BCUT2D eigenvalue weighted by molar-refractivity contribution is 5.88. The second-order valence-corrected chi connectivity index (χ2v) is 8.38. The van der Waals surface area contributed by atoms with Gasteiger partial charge in [0, 0.05) is 41.3 Å². The van der Waals surface area contributed by atoms with Crippen molar-refractivity contribution >= 4 is 10.9 Å². The Morgan fingerprint density at radius 2 is 1.93 bits per heavy atom. The van der Waals surface area contributed by atoms with Gasteiger partial charge in [0.2, 0.25) is 0 Å². The first-order chi connectivity index (χ1) is 13.2. The molecule has 1 saturated heterocycles. The molecule has 0 spiro atoms. The van der Waals surface area contributed by atoms with Crippen molar-refractivity contribution in [2.24, 2.45) is 5.92 Å². The second kappa shape index (κ2) is 6.42. The van der Waals surface area contributed by atoms with E-state index >= 15 is 0 Å². The predicted octanol–water partition coefficient (Wildman–Crippen LogP) is 5.52. The van der Waals surface area contributed by atoms with Crippen LogP contribution >= 0.6 is 0 Å². The van der Waals surface area contributed by atoms with E-state index < -0.39 is 0 Å². The van der Waals surface area contributed by atoms with Crippen LogP contribution in [0.2, 0.25) is 0 Å². The third-order valence-electron chi connectivity index (χ3n) is 6.86. The van der Waals surface area contributed by atoms with Crippen LogP contribution in [0, 0.1) is 19.8 Å². The quantitative estimate of drug-likeness (QED) is 0.663. The maximum absolute atomic E-state index is 5.81. The van der Waals surface area contributed by atoms with Gasteiger partial charge in [0.25, 0.3) is 0 Å². The number of benzene rings is 2. The molecular weight excluding hydrogens is 332 g/mol. The molecule has 3 atom stereocenters. The number of H-pyrrole nitrogens is 1. The lowest BCUT2D eigenvalue weighted by Gasteiger charge is -2.38. The maximum Gasteiger partial charge on any atom is 0.124 e. The number of ether oxygens (including phenoxy) is 1. The van der Waals surface area contributed by atoms with E-state index in [4.69, 9.17) is 4.74 Å². The zero-order valence-corrected chi connectivity index (χ0v) is 16.5. The van der Waals surface area contributed by atoms with Gasteiger partial charge in [-0.25, -0.2) is 0 Å². The Hall–Kier alpha value is -2.26. The molecular formula is C24H28N2O. The van der Waals surface area contributed by atoms with Crippen molar-refractivity contribution in [2.75, 3.05) is 7.11 Å². The highest BCUT2D eigenvalue weighted by Gasteiger charge is 2.46. The van der Waals surface area contributed by atoms with E-state index in [9.17, 15) is 0 Å². The molecule has 1 aromatic heterocycles. The summed E-state index contributed by atoms with van der Waals surface area (Å²) >= 11 is 0. The van der Waals surface area contributed by atoms with Gasteiger partial charge in [0.1, 0.15) is 5.75 Å². The average molecular weight is 361 g/mol. The monoisotopic (exact) mass is 360 g/mol. The van der Waals surface area contributed by atoms with Gasteiger partial charge in [-0.15, -0.1) is 0 Å². The first-order valence-electron chi connectivity index (χ1n) is 10.1. The van der Waals surface area contributed by atoms with Gasteiger partial charge in [-0.05, 0) is 62.3 Å². The molecule has 27 heavy (non-hydrogen) atoms. The molecule has 3 nitrogen and oxygen atoms in total. The number of aryl methyl sites for hydroxylation is 2. The SMILES string of the molecule is COc1cc(C)c2[nH]ccc2c1CN1C(c2ccc(C)cc2)CC2CCC21. The van der Waals surface area contributed by atoms with Crippen LogP contribution < -0.4 is 4.74 Å². The highest BCUT2D eigenvalue weighted by Crippen LogP contribution is 2.51. The summed E-state index contributed by atoms with van der Waals surface area (Å²) in [5.41, 5.74) is 6.60. The van der Waals surface area contributed by atoms with Gasteiger partial charge in [-0.3, -0.25) is 4.90 Å². The Labute approximate surface area is 161 Å². The standard InChI is InChI=1S/C24H28N2O/c1-15-4-6-17(7-5-15)22-13-18-8-9-21(18)26(22)14-20-19-10-11-25-24(19)16(2)12-23(20)27-3/h4-7,10-12,18,21-22,25H,8-9,13-14H2,1-3H3. The number of fused-ring (bicyclic) bond motifs is 2. The average Bonchev–Trinajstić information content (AvgIpc) is 3.22. The minimum absolute atomic E-state index is 0.517. The van der Waals surface area contributed by atoms with Gasteiger partial charge >= 0.3 is 0 Å². The first-order valence-corrected chi connectivity index (χ1v) is 10.1. The van der Waals surface area contributed by atoms with Crippen molar-refractivity contribution < 1.29 is 4.74 Å². The van der Waals surface area contributed by atoms with Crippen LogP contribution in [-0.4, -0.2) is 23.0 Å². The molecule has 2 heterocycles. The summed E-state index contributed by atoms with van der Waals surface area (Å²) in [7, 11) is 1.80. The Morgan fingerprint density at radius 1 is 1.11 bits per heavy atom. The summed E-state index contributed by atoms with van der Waals surface area (Å²) < 4.78 is 5.81. The Kier molecular flexibility index (Phi) is 4.01. The number of aromatic nitrogens is 1. The Bertz CT molecular complexity index is 972. The Balaban J connectivity index is 1.55. The molecule has 1 aliphatic heterocycles. The number of nitrogens with zero attached hydrogens (tertiary/aromatic N) is 1. The number of rotatable bonds is 4. The molecule has 0 amide bonds. The summed E-state index contributed by atoms with van der Waals surface area (Å²) in [5.74, 6) is 1.87. The lowest BCUT2D eigenvalue weighted by molar-refractivity contribution is 0.112. The van der Waals surface area contributed by atoms with Crippen molar-refractivity contribution in [3.63, 3.8) is 0 Å². The van der Waals surface area contributed by atoms with E-state index in [2.05, 4.69) is 60.1 Å². The fourth-order valence-corrected chi connectivity index (χ4v) is 5.22. The van der Waals surface area contributed by atoms with Crippen LogP contribution in [0.5, 0.6) is 5.75 Å². The van der Waals surface area contributed by atoms with Crippen LogP contribution in [0.1, 0.15) is 47.6 Å². The first kappa shape index (κ1) is 16.9. The van der Waals surface area contributed by atoms with E-state index in [0.717, 1.165) is 24.3 Å². The summed E-state index contributed by atoms with van der Waals surface area (Å²) in [4.78, 5) is 6.16. The maximum atomic E-state index is 5.81. The van der Waals surface area contributed by atoms with E-state index in [0.29, 0.717) is 6.04 Å². The molecule has 1 N–H and O–H groups in total. The topological polar surface area (TPSA) is 28.3 Å². The third-order valence-corrected chi connectivity index (χ3v) is 6.86. The number of likely N-dealkylation sites (tertiary alicyclic amines) is 1. The van der Waals surface area contributed by atoms with Gasteiger partial charge in [0.05, 0.1) is 7.11 Å². The molecule has 3 aromatic rings. The van der Waals surface area contributed by atoms with Crippen LogP contribution in [0.3, 0.4) is 0 Å². The molecule has 2 aliphatic rings. The normalized spacial score (nSPS) is 24.8. The van der Waals surface area contributed by atoms with Crippen molar-refractivity contribution in [1.29, 1.82) is 0 Å². The van der Waals surface area contributed by atoms with Gasteiger partial charge < -0.3 is 9.72 Å². The summed E-state index contributed by atoms with van der Waals surface area (Å²) in [6.07, 6.45) is 6.05. The molecule has 2 aromatic carbocycles. The van der Waals surface area contributed by atoms with Crippen LogP contribution in [0.15, 0.2) is 42.6 Å². The minimum Gasteiger partial charge on any atom is -0.496 e. The lowest BCUT2D eigenvalue weighted by atomic mass is 9.79. The fraction of sp³-hybridized carbons (Fsp3) is 0.417. The van der Waals surface area contributed by atoms with Crippen molar-refractivity contribution in [3.05, 3.63) is 64.8 Å². The van der Waals surface area contributed by atoms with Gasteiger partial charge in [-0.1, -0.05) is 29.8 Å². The number of aromatic amines is 1. The smallest absolute Gasteiger partial charge is 0.124 e. The highest BCUT2D eigenvalue weighted by atomic mass is 16.5. The number of methoxy groups -OCH3 is 1. The zero-order chi connectivity index (χ0) is 18.5. The van der Waals surface area contributed by atoms with E-state index in [-0.39, 0.29) is 0 Å². The fourth-order valence-electron chi connectivity index (χ4n) is 5.22. The molecule has 1 saturated carbocycles. The van der Waals surface area contributed by atoms with Crippen LogP contribution in [-0.2, 0) is 6.54 Å². The lowest BCUT2D eigenvalue weighted by Crippen LogP contribution is -2.39. The largest absolute Gasteiger partial charge is 0.496 e. The summed E-state index contributed by atoms with van der Waals surface area (Å²) in [6.45, 7) is 5.27. The molecule has 5 rings (SSSR count). The van der Waals surface area contributed by atoms with Gasteiger partial charge in [0.15, 0.2) is 0 Å². The molecule has 0 radical (unpaired) electrons. The number of nitrogens with one attached hydrogen (secondary N) is 1. The third kappa shape index (κ3) is 2.68. The molecule has 0 bridgehead atoms. The summed E-state index contributed by atoms with van der Waals surface area (Å²) in [6, 6.07) is 14.8. The van der Waals surface area contributed by atoms with E-state index in [1.165, 1.54) is 52.4 Å². The molecule has 2 fully saturated rings.